The number of pyridine rings is 1. The molecule has 6 nitrogen and oxygen atoms in total. The zero-order chi connectivity index (χ0) is 23.0. The molecule has 1 fully saturated rings. The van der Waals surface area contributed by atoms with Gasteiger partial charge in [-0.2, -0.15) is 13.2 Å². The Morgan fingerprint density at radius 2 is 1.91 bits per heavy atom. The predicted octanol–water partition coefficient (Wildman–Crippen LogP) is 4.82. The maximum absolute atomic E-state index is 15.7. The quantitative estimate of drug-likeness (QED) is 0.566. The van der Waals surface area contributed by atoms with Crippen LogP contribution in [0.3, 0.4) is 0 Å². The second kappa shape index (κ2) is 8.25. The number of benzene rings is 1. The molecule has 3 N–H and O–H groups in total. The van der Waals surface area contributed by atoms with Crippen molar-refractivity contribution in [1.29, 1.82) is 0 Å². The van der Waals surface area contributed by atoms with Gasteiger partial charge >= 0.3 is 12.0 Å². The average molecular weight is 448 g/mol. The second-order valence-electron chi connectivity index (χ2n) is 7.90. The zero-order valence-electron chi connectivity index (χ0n) is 17.5. The SMILES string of the molecule is CN(C)c1cc(Oc2c(C3CCC3)ccc(-c3ccc(N)cn3)c2F)[nH+]c(C(F)(F)F)n1. The number of nitrogens with two attached hydrogens (primary N) is 1. The van der Waals surface area contributed by atoms with E-state index < -0.39 is 17.8 Å². The van der Waals surface area contributed by atoms with E-state index in [9.17, 15) is 13.2 Å². The van der Waals surface area contributed by atoms with Crippen LogP contribution in [0.5, 0.6) is 11.6 Å². The maximum atomic E-state index is 15.7. The minimum absolute atomic E-state index is 0.0213. The van der Waals surface area contributed by atoms with Gasteiger partial charge in [-0.3, -0.25) is 4.98 Å². The lowest BCUT2D eigenvalue weighted by Crippen LogP contribution is -2.27. The summed E-state index contributed by atoms with van der Waals surface area (Å²) >= 11 is 0. The predicted molar refractivity (Wildman–Crippen MR) is 111 cm³/mol. The first kappa shape index (κ1) is 21.8. The Hall–Kier alpha value is -3.43. The fourth-order valence-corrected chi connectivity index (χ4v) is 3.45. The molecule has 2 heterocycles. The van der Waals surface area contributed by atoms with Crippen LogP contribution in [0, 0.1) is 5.82 Å². The topological polar surface area (TPSA) is 78.4 Å². The number of anilines is 2. The fourth-order valence-electron chi connectivity index (χ4n) is 3.45. The molecule has 10 heteroatoms. The average Bonchev–Trinajstić information content (AvgIpc) is 2.69. The van der Waals surface area contributed by atoms with Gasteiger partial charge in [-0.15, -0.1) is 0 Å². The highest BCUT2D eigenvalue weighted by Gasteiger charge is 2.43. The van der Waals surface area contributed by atoms with Crippen molar-refractivity contribution in [1.82, 2.24) is 9.97 Å². The Bertz CT molecular complexity index is 1130. The molecule has 4 rings (SSSR count). The minimum Gasteiger partial charge on any atom is -0.420 e. The molecule has 0 bridgehead atoms. The van der Waals surface area contributed by atoms with E-state index in [1.165, 1.54) is 17.2 Å². The normalized spacial score (nSPS) is 14.2. The van der Waals surface area contributed by atoms with Crippen molar-refractivity contribution in [3.63, 3.8) is 0 Å². The first-order valence-electron chi connectivity index (χ1n) is 10.0. The third-order valence-corrected chi connectivity index (χ3v) is 5.40. The molecule has 1 aromatic carbocycles. The van der Waals surface area contributed by atoms with Crippen LogP contribution in [-0.2, 0) is 6.18 Å². The Morgan fingerprint density at radius 3 is 2.47 bits per heavy atom. The monoisotopic (exact) mass is 448 g/mol. The maximum Gasteiger partial charge on any atom is 0.499 e. The van der Waals surface area contributed by atoms with Gasteiger partial charge < -0.3 is 15.4 Å². The van der Waals surface area contributed by atoms with E-state index >= 15 is 4.39 Å². The first-order chi connectivity index (χ1) is 15.1. The third-order valence-electron chi connectivity index (χ3n) is 5.40. The Morgan fingerprint density at radius 1 is 1.16 bits per heavy atom. The van der Waals surface area contributed by atoms with Gasteiger partial charge in [0, 0.05) is 25.2 Å². The molecular weight excluding hydrogens is 426 g/mol. The fraction of sp³-hybridized carbons (Fsp3) is 0.318. The van der Waals surface area contributed by atoms with Gasteiger partial charge in [0.05, 0.1) is 23.6 Å². The number of aromatic amines is 1. The summed E-state index contributed by atoms with van der Waals surface area (Å²) in [4.78, 5) is 11.3. The lowest BCUT2D eigenvalue weighted by atomic mass is 9.79. The number of halogens is 4. The molecule has 0 saturated heterocycles. The molecule has 1 aliphatic rings. The molecular formula is C22H22F4N5O+. The number of hydrogen-bond acceptors (Lipinski definition) is 5. The summed E-state index contributed by atoms with van der Waals surface area (Å²) in [5.41, 5.74) is 7.21. The molecule has 168 valence electrons. The van der Waals surface area contributed by atoms with Crippen LogP contribution in [0.2, 0.25) is 0 Å². The first-order valence-corrected chi connectivity index (χ1v) is 10.0. The van der Waals surface area contributed by atoms with Crippen molar-refractivity contribution >= 4 is 11.5 Å². The van der Waals surface area contributed by atoms with Crippen molar-refractivity contribution < 1.29 is 27.3 Å². The van der Waals surface area contributed by atoms with Gasteiger partial charge in [0.15, 0.2) is 11.6 Å². The molecule has 32 heavy (non-hydrogen) atoms. The molecule has 1 aliphatic carbocycles. The van der Waals surface area contributed by atoms with Crippen LogP contribution < -0.4 is 20.4 Å². The van der Waals surface area contributed by atoms with E-state index in [2.05, 4.69) is 15.0 Å². The van der Waals surface area contributed by atoms with Crippen molar-refractivity contribution in [2.24, 2.45) is 0 Å². The van der Waals surface area contributed by atoms with Crippen LogP contribution >= 0.6 is 0 Å². The summed E-state index contributed by atoms with van der Waals surface area (Å²) in [7, 11) is 3.11. The van der Waals surface area contributed by atoms with Crippen LogP contribution in [0.25, 0.3) is 11.3 Å². The van der Waals surface area contributed by atoms with Crippen LogP contribution in [0.1, 0.15) is 36.6 Å². The van der Waals surface area contributed by atoms with E-state index in [4.69, 9.17) is 10.5 Å². The molecule has 2 aromatic heterocycles. The molecule has 0 spiro atoms. The number of ether oxygens (including phenoxy) is 1. The number of aromatic nitrogens is 3. The third kappa shape index (κ3) is 4.30. The van der Waals surface area contributed by atoms with Crippen LogP contribution in [-0.4, -0.2) is 24.1 Å². The Labute approximate surface area is 182 Å². The van der Waals surface area contributed by atoms with Gasteiger partial charge in [-0.1, -0.05) is 12.5 Å². The highest BCUT2D eigenvalue weighted by molar-refractivity contribution is 5.65. The zero-order valence-corrected chi connectivity index (χ0v) is 17.5. The van der Waals surface area contributed by atoms with Crippen molar-refractivity contribution in [3.8, 4) is 22.9 Å². The molecule has 0 radical (unpaired) electrons. The van der Waals surface area contributed by atoms with Crippen LogP contribution in [0.15, 0.2) is 36.5 Å². The Kier molecular flexibility index (Phi) is 5.62. The number of H-pyrrole nitrogens is 1. The minimum atomic E-state index is -4.73. The number of nitrogen functional groups attached to an aromatic ring is 1. The van der Waals surface area contributed by atoms with Gasteiger partial charge in [0.1, 0.15) is 0 Å². The Balaban J connectivity index is 1.82. The summed E-state index contributed by atoms with van der Waals surface area (Å²) in [5.74, 6) is -2.22. The number of nitrogens with one attached hydrogen (secondary N) is 1. The molecule has 0 aliphatic heterocycles. The summed E-state index contributed by atoms with van der Waals surface area (Å²) in [6.07, 6.45) is -0.616. The molecule has 1 saturated carbocycles. The lowest BCUT2D eigenvalue weighted by Gasteiger charge is -2.28. The number of alkyl halides is 3. The molecule has 0 unspecified atom stereocenters. The van der Waals surface area contributed by atoms with E-state index in [0.29, 0.717) is 16.9 Å². The number of hydrogen-bond donors (Lipinski definition) is 1. The van der Waals surface area contributed by atoms with E-state index in [0.717, 1.165) is 19.3 Å². The van der Waals surface area contributed by atoms with Crippen molar-refractivity contribution in [2.45, 2.75) is 31.4 Å². The highest BCUT2D eigenvalue weighted by atomic mass is 19.4. The standard InChI is InChI=1S/C22H21F4N5O/c1-31(2)17-10-18(30-21(29-17)22(24,25)26)32-20-14(12-4-3-5-12)7-8-15(19(20)23)16-9-6-13(27)11-28-16/h6-12H,3-5,27H2,1-2H3/p+1. The van der Waals surface area contributed by atoms with E-state index in [1.807, 2.05) is 0 Å². The number of rotatable bonds is 5. The van der Waals surface area contributed by atoms with E-state index in [-0.39, 0.29) is 28.9 Å². The van der Waals surface area contributed by atoms with Gasteiger partial charge in [-0.25, -0.2) is 9.37 Å². The van der Waals surface area contributed by atoms with Crippen molar-refractivity contribution in [3.05, 3.63) is 53.7 Å². The number of nitrogens with zero attached hydrogens (tertiary/aromatic N) is 3. The molecule has 0 amide bonds. The van der Waals surface area contributed by atoms with Crippen molar-refractivity contribution in [2.75, 3.05) is 24.7 Å². The van der Waals surface area contributed by atoms with Gasteiger partial charge in [-0.05, 0) is 41.9 Å². The largest absolute Gasteiger partial charge is 0.499 e. The van der Waals surface area contributed by atoms with Crippen LogP contribution in [0.4, 0.5) is 29.1 Å². The van der Waals surface area contributed by atoms with Gasteiger partial charge in [0.2, 0.25) is 0 Å². The lowest BCUT2D eigenvalue weighted by molar-refractivity contribution is -0.441. The summed E-state index contributed by atoms with van der Waals surface area (Å²) < 4.78 is 61.5. The highest BCUT2D eigenvalue weighted by Crippen LogP contribution is 2.45. The summed E-state index contributed by atoms with van der Waals surface area (Å²) in [5, 5.41) is 0. The summed E-state index contributed by atoms with van der Waals surface area (Å²) in [6.45, 7) is 0. The molecule has 3 aromatic rings. The second-order valence-corrected chi connectivity index (χ2v) is 7.90. The van der Waals surface area contributed by atoms with Gasteiger partial charge in [0.25, 0.3) is 11.7 Å². The summed E-state index contributed by atoms with van der Waals surface area (Å²) in [6, 6.07) is 7.82. The van der Waals surface area contributed by atoms with E-state index in [1.54, 1.807) is 38.4 Å². The smallest absolute Gasteiger partial charge is 0.420 e. The molecule has 0 atom stereocenters.